The lowest BCUT2D eigenvalue weighted by Crippen LogP contribution is -2.31. The molecule has 0 bridgehead atoms. The number of nitrogens with one attached hydrogen (secondary N) is 1. The zero-order chi connectivity index (χ0) is 32.8. The van der Waals surface area contributed by atoms with Crippen molar-refractivity contribution in [2.24, 2.45) is 0 Å². The third kappa shape index (κ3) is 10.8. The fourth-order valence-electron chi connectivity index (χ4n) is 5.56. The molecule has 0 saturated carbocycles. The van der Waals surface area contributed by atoms with E-state index < -0.39 is 12.3 Å². The third-order valence-corrected chi connectivity index (χ3v) is 9.20. The van der Waals surface area contributed by atoms with Gasteiger partial charge in [-0.15, -0.1) is 11.8 Å². The van der Waals surface area contributed by atoms with Gasteiger partial charge in [0.2, 0.25) is 5.91 Å². The normalized spacial score (nSPS) is 17.7. The van der Waals surface area contributed by atoms with Crippen molar-refractivity contribution in [2.45, 2.75) is 81.6 Å². The van der Waals surface area contributed by atoms with Crippen molar-refractivity contribution >= 4 is 23.6 Å². The van der Waals surface area contributed by atoms with E-state index in [0.717, 1.165) is 63.4 Å². The lowest BCUT2D eigenvalue weighted by Gasteiger charge is -2.36. The Hall–Kier alpha value is -4.02. The number of nitrogens with zero attached hydrogens (tertiary/aromatic N) is 1. The van der Waals surface area contributed by atoms with Crippen LogP contribution >= 0.6 is 11.8 Å². The number of pyridine rings is 1. The summed E-state index contributed by atoms with van der Waals surface area (Å²) in [5.41, 5.74) is 5.90. The van der Waals surface area contributed by atoms with E-state index in [1.54, 1.807) is 18.0 Å². The first-order valence-electron chi connectivity index (χ1n) is 16.2. The Morgan fingerprint density at radius 3 is 2.32 bits per heavy atom. The predicted molar refractivity (Wildman–Crippen MR) is 182 cm³/mol. The molecule has 1 aliphatic heterocycles. The summed E-state index contributed by atoms with van der Waals surface area (Å²) in [6, 6.07) is 30.2. The summed E-state index contributed by atoms with van der Waals surface area (Å²) in [7, 11) is 0. The van der Waals surface area contributed by atoms with Crippen molar-refractivity contribution in [3.8, 4) is 11.1 Å². The zero-order valence-electron chi connectivity index (χ0n) is 26.4. The molecule has 0 spiro atoms. The Morgan fingerprint density at radius 2 is 1.57 bits per heavy atom. The summed E-state index contributed by atoms with van der Waals surface area (Å²) in [6.45, 7) is 0.436. The molecule has 2 heterocycles. The zero-order valence-corrected chi connectivity index (χ0v) is 27.2. The van der Waals surface area contributed by atoms with Crippen molar-refractivity contribution in [1.29, 1.82) is 0 Å². The number of hydrogen-bond acceptors (Lipinski definition) is 7. The average Bonchev–Trinajstić information content (AvgIpc) is 3.11. The van der Waals surface area contributed by atoms with Gasteiger partial charge in [-0.25, -0.2) is 4.98 Å². The molecule has 3 N–H and O–H groups in total. The van der Waals surface area contributed by atoms with Crippen LogP contribution in [0.3, 0.4) is 0 Å². The van der Waals surface area contributed by atoms with E-state index in [1.807, 2.05) is 66.7 Å². The molecule has 3 atom stereocenters. The number of ether oxygens (including phenoxy) is 2. The van der Waals surface area contributed by atoms with Crippen molar-refractivity contribution in [3.05, 3.63) is 119 Å². The second-order valence-corrected chi connectivity index (χ2v) is 12.8. The van der Waals surface area contributed by atoms with Crippen molar-refractivity contribution in [3.63, 3.8) is 0 Å². The van der Waals surface area contributed by atoms with Gasteiger partial charge in [0.1, 0.15) is 0 Å². The summed E-state index contributed by atoms with van der Waals surface area (Å²) in [6.07, 6.45) is 5.38. The quantitative estimate of drug-likeness (QED) is 0.0835. The molecule has 1 amide bonds. The van der Waals surface area contributed by atoms with Crippen LogP contribution in [-0.2, 0) is 32.2 Å². The Bertz CT molecular complexity index is 1580. The van der Waals surface area contributed by atoms with Gasteiger partial charge >= 0.3 is 5.97 Å². The number of aliphatic carboxylic acids is 1. The number of carbonyl (C=O) groups is 2. The molecule has 9 heteroatoms. The molecule has 246 valence electrons. The first kappa shape index (κ1) is 34.3. The fraction of sp³-hybridized carbons (Fsp3) is 0.342. The van der Waals surface area contributed by atoms with E-state index in [-0.39, 0.29) is 31.1 Å². The number of rotatable bonds is 16. The third-order valence-electron chi connectivity index (χ3n) is 8.12. The molecule has 1 saturated heterocycles. The van der Waals surface area contributed by atoms with E-state index in [0.29, 0.717) is 25.8 Å². The number of amides is 1. The summed E-state index contributed by atoms with van der Waals surface area (Å²) in [5, 5.41) is 22.2. The molecule has 3 aromatic carbocycles. The number of aliphatic hydroxyl groups excluding tert-OH is 1. The molecule has 0 radical (unpaired) electrons. The molecule has 5 rings (SSSR count). The van der Waals surface area contributed by atoms with Gasteiger partial charge < -0.3 is 25.0 Å². The van der Waals surface area contributed by atoms with Crippen LogP contribution in [0.5, 0.6) is 0 Å². The minimum absolute atomic E-state index is 0.00117. The minimum atomic E-state index is -0.775. The largest absolute Gasteiger partial charge is 0.481 e. The molecule has 1 aliphatic rings. The van der Waals surface area contributed by atoms with E-state index in [4.69, 9.17) is 14.6 Å². The van der Waals surface area contributed by atoms with Gasteiger partial charge in [0.15, 0.2) is 6.29 Å². The second kappa shape index (κ2) is 17.8. The molecule has 1 aromatic heterocycles. The van der Waals surface area contributed by atoms with Gasteiger partial charge in [-0.05, 0) is 64.9 Å². The molecular weight excluding hydrogens is 612 g/mol. The van der Waals surface area contributed by atoms with Gasteiger partial charge in [-0.2, -0.15) is 0 Å². The summed E-state index contributed by atoms with van der Waals surface area (Å²) in [5.74, 6) is -0.0401. The highest BCUT2D eigenvalue weighted by molar-refractivity contribution is 7.99. The van der Waals surface area contributed by atoms with E-state index in [9.17, 15) is 14.7 Å². The first-order valence-corrected chi connectivity index (χ1v) is 17.2. The highest BCUT2D eigenvalue weighted by Gasteiger charge is 2.32. The van der Waals surface area contributed by atoms with E-state index in [2.05, 4.69) is 34.6 Å². The number of carbonyl (C=O) groups excluding carboxylic acids is 1. The minimum Gasteiger partial charge on any atom is -0.481 e. The first-order chi connectivity index (χ1) is 23.0. The average molecular weight is 655 g/mol. The number of unbranched alkanes of at least 4 members (excludes halogenated alkanes) is 3. The monoisotopic (exact) mass is 654 g/mol. The second-order valence-electron chi connectivity index (χ2n) is 11.7. The van der Waals surface area contributed by atoms with Gasteiger partial charge in [0.25, 0.3) is 0 Å². The predicted octanol–water partition coefficient (Wildman–Crippen LogP) is 7.62. The van der Waals surface area contributed by atoms with Gasteiger partial charge in [0, 0.05) is 43.3 Å². The van der Waals surface area contributed by atoms with Gasteiger partial charge in [0.05, 0.1) is 23.8 Å². The number of carboxylic acid groups (broad SMARTS) is 1. The molecule has 4 aromatic rings. The molecule has 47 heavy (non-hydrogen) atoms. The highest BCUT2D eigenvalue weighted by Crippen LogP contribution is 2.40. The Labute approximate surface area is 280 Å². The molecular formula is C38H42N2O6S. The number of hydrogen-bond donors (Lipinski definition) is 3. The Kier molecular flexibility index (Phi) is 13.0. The molecule has 8 nitrogen and oxygen atoms in total. The smallest absolute Gasteiger partial charge is 0.303 e. The maximum Gasteiger partial charge on any atom is 0.303 e. The van der Waals surface area contributed by atoms with Crippen molar-refractivity contribution in [2.75, 3.05) is 5.75 Å². The van der Waals surface area contributed by atoms with E-state index >= 15 is 0 Å². The molecule has 0 aliphatic carbocycles. The van der Waals surface area contributed by atoms with Crippen LogP contribution in [0.15, 0.2) is 102 Å². The van der Waals surface area contributed by atoms with Crippen molar-refractivity contribution in [1.82, 2.24) is 10.3 Å². The van der Waals surface area contributed by atoms with Crippen LogP contribution in [-0.4, -0.2) is 38.9 Å². The fourth-order valence-corrected chi connectivity index (χ4v) is 6.45. The SMILES string of the molecule is O=C(O)CCCCCCC(=O)NCc1cccc(-c2cccc([C@@H]3O[C@H](CSc4ccccn4)C[C@H](c4ccc(CO)cc4)O3)c2)c1. The summed E-state index contributed by atoms with van der Waals surface area (Å²) < 4.78 is 13.1. The lowest BCUT2D eigenvalue weighted by molar-refractivity contribution is -0.245. The van der Waals surface area contributed by atoms with Crippen LogP contribution in [0.2, 0.25) is 0 Å². The highest BCUT2D eigenvalue weighted by atomic mass is 32.2. The number of aliphatic hydroxyl groups is 1. The number of aromatic nitrogens is 1. The standard InChI is InChI=1S/C38H42N2O6S/c41-25-27-16-18-29(19-17-27)34-23-33(26-47-36-14-5-6-20-39-36)45-38(46-34)32-12-8-11-31(22-32)30-10-7-9-28(21-30)24-40-35(42)13-3-1-2-4-15-37(43)44/h5-12,14,16-22,33-34,38,41H,1-4,13,15,23-26H2,(H,40,42)(H,43,44)/t33-,34+,38+/m0/s1. The molecule has 1 fully saturated rings. The lowest BCUT2D eigenvalue weighted by atomic mass is 9.99. The van der Waals surface area contributed by atoms with Crippen LogP contribution in [0, 0.1) is 0 Å². The number of benzene rings is 3. The van der Waals surface area contributed by atoms with Crippen LogP contribution in [0.4, 0.5) is 0 Å². The van der Waals surface area contributed by atoms with Gasteiger partial charge in [-0.3, -0.25) is 9.59 Å². The van der Waals surface area contributed by atoms with Crippen molar-refractivity contribution < 1.29 is 29.3 Å². The van der Waals surface area contributed by atoms with E-state index in [1.165, 1.54) is 0 Å². The number of carboxylic acids is 1. The Balaban J connectivity index is 1.23. The maximum absolute atomic E-state index is 12.4. The topological polar surface area (TPSA) is 118 Å². The van der Waals surface area contributed by atoms with Crippen LogP contribution in [0.25, 0.3) is 11.1 Å². The Morgan fingerprint density at radius 1 is 0.809 bits per heavy atom. The summed E-state index contributed by atoms with van der Waals surface area (Å²) >= 11 is 1.67. The number of thioether (sulfide) groups is 1. The summed E-state index contributed by atoms with van der Waals surface area (Å²) in [4.78, 5) is 27.5. The maximum atomic E-state index is 12.4. The van der Waals surface area contributed by atoms with Crippen LogP contribution in [0.1, 0.15) is 79.6 Å². The van der Waals surface area contributed by atoms with Gasteiger partial charge in [-0.1, -0.05) is 79.6 Å². The van der Waals surface area contributed by atoms with Crippen LogP contribution < -0.4 is 5.32 Å². The molecule has 0 unspecified atom stereocenters.